The minimum Gasteiger partial charge on any atom is -0.346 e. The molecule has 0 aliphatic rings. The molecule has 3 aromatic rings. The van der Waals surface area contributed by atoms with E-state index >= 15 is 0 Å². The first-order chi connectivity index (χ1) is 8.66. The van der Waals surface area contributed by atoms with Crippen LogP contribution in [0, 0.1) is 0 Å². The van der Waals surface area contributed by atoms with Crippen LogP contribution in [0.2, 0.25) is 0 Å². The number of nitrogens with zero attached hydrogens (tertiary/aromatic N) is 3. The second kappa shape index (κ2) is 4.18. The van der Waals surface area contributed by atoms with Crippen molar-refractivity contribution in [3.8, 4) is 0 Å². The molecule has 0 amide bonds. The van der Waals surface area contributed by atoms with Crippen molar-refractivity contribution in [3.63, 3.8) is 0 Å². The van der Waals surface area contributed by atoms with Gasteiger partial charge in [-0.05, 0) is 6.07 Å². The summed E-state index contributed by atoms with van der Waals surface area (Å²) >= 11 is 0. The normalized spacial score (nSPS) is 13.4. The highest BCUT2D eigenvalue weighted by Gasteiger charge is 2.12. The summed E-state index contributed by atoms with van der Waals surface area (Å²) in [6.07, 6.45) is 5.22. The Morgan fingerprint density at radius 2 is 2.39 bits per heavy atom. The standard InChI is InChI=1S/C11H13N5OS/c1-16-9(6-14-18(2)17)15-8-5-13-11-7(10(8)16)3-4-12-11/h3-5,14H,6H2,1-2H3,(H,12,13). The van der Waals surface area contributed by atoms with Crippen molar-refractivity contribution in [1.82, 2.24) is 24.2 Å². The number of aromatic nitrogens is 4. The zero-order valence-electron chi connectivity index (χ0n) is 10.1. The van der Waals surface area contributed by atoms with Gasteiger partial charge in [-0.2, -0.15) is 0 Å². The maximum absolute atomic E-state index is 11.1. The van der Waals surface area contributed by atoms with Crippen molar-refractivity contribution >= 4 is 33.1 Å². The summed E-state index contributed by atoms with van der Waals surface area (Å²) in [6.45, 7) is 0.472. The van der Waals surface area contributed by atoms with Gasteiger partial charge >= 0.3 is 0 Å². The SMILES string of the molecule is Cn1c(CNS(C)=O)nc2cnc3[nH]ccc3c21. The molecular weight excluding hydrogens is 250 g/mol. The van der Waals surface area contributed by atoms with E-state index in [0.717, 1.165) is 27.9 Å². The van der Waals surface area contributed by atoms with Crippen molar-refractivity contribution in [2.75, 3.05) is 6.26 Å². The molecule has 0 bridgehead atoms. The first-order valence-corrected chi connectivity index (χ1v) is 7.07. The van der Waals surface area contributed by atoms with Crippen LogP contribution in [0.15, 0.2) is 18.5 Å². The fraction of sp³-hybridized carbons (Fsp3) is 0.273. The summed E-state index contributed by atoms with van der Waals surface area (Å²) in [5.74, 6) is 0.843. The van der Waals surface area contributed by atoms with E-state index in [1.165, 1.54) is 0 Å². The Bertz CT molecular complexity index is 744. The van der Waals surface area contributed by atoms with Gasteiger partial charge in [-0.25, -0.2) is 18.9 Å². The van der Waals surface area contributed by atoms with Crippen molar-refractivity contribution in [1.29, 1.82) is 0 Å². The molecule has 3 rings (SSSR count). The van der Waals surface area contributed by atoms with Crippen LogP contribution in [0.25, 0.3) is 22.1 Å². The predicted octanol–water partition coefficient (Wildman–Crippen LogP) is 0.833. The molecule has 0 aliphatic carbocycles. The molecule has 18 heavy (non-hydrogen) atoms. The van der Waals surface area contributed by atoms with Crippen LogP contribution in [-0.2, 0) is 24.6 Å². The van der Waals surface area contributed by atoms with Gasteiger partial charge in [-0.15, -0.1) is 0 Å². The number of rotatable bonds is 3. The summed E-state index contributed by atoms with van der Waals surface area (Å²) in [5.41, 5.74) is 2.74. The van der Waals surface area contributed by atoms with E-state index in [-0.39, 0.29) is 0 Å². The summed E-state index contributed by atoms with van der Waals surface area (Å²) < 4.78 is 15.9. The number of hydrogen-bond acceptors (Lipinski definition) is 3. The van der Waals surface area contributed by atoms with Gasteiger partial charge in [0.05, 0.1) is 29.2 Å². The first kappa shape index (κ1) is 11.4. The Labute approximate surface area is 106 Å². The van der Waals surface area contributed by atoms with E-state index in [2.05, 4.69) is 19.7 Å². The Hall–Kier alpha value is -1.73. The van der Waals surface area contributed by atoms with Crippen molar-refractivity contribution in [3.05, 3.63) is 24.3 Å². The van der Waals surface area contributed by atoms with E-state index in [1.54, 1.807) is 12.5 Å². The molecule has 3 heterocycles. The van der Waals surface area contributed by atoms with Crippen LogP contribution >= 0.6 is 0 Å². The van der Waals surface area contributed by atoms with Gasteiger partial charge in [0.2, 0.25) is 0 Å². The van der Waals surface area contributed by atoms with Crippen LogP contribution < -0.4 is 4.72 Å². The lowest BCUT2D eigenvalue weighted by Crippen LogP contribution is -2.17. The molecular formula is C11H13N5OS. The summed E-state index contributed by atoms with van der Waals surface area (Å²) in [5, 5.41) is 1.05. The average molecular weight is 263 g/mol. The first-order valence-electron chi connectivity index (χ1n) is 5.51. The number of fused-ring (bicyclic) bond motifs is 3. The van der Waals surface area contributed by atoms with Gasteiger partial charge in [0.25, 0.3) is 0 Å². The van der Waals surface area contributed by atoms with E-state index < -0.39 is 11.0 Å². The van der Waals surface area contributed by atoms with E-state index in [4.69, 9.17) is 0 Å². The number of pyridine rings is 1. The molecule has 0 saturated carbocycles. The average Bonchev–Trinajstić information content (AvgIpc) is 2.90. The predicted molar refractivity (Wildman–Crippen MR) is 71.3 cm³/mol. The summed E-state index contributed by atoms with van der Waals surface area (Å²) in [6, 6.07) is 1.99. The van der Waals surface area contributed by atoms with Crippen LogP contribution in [0.3, 0.4) is 0 Å². The van der Waals surface area contributed by atoms with Crippen molar-refractivity contribution in [2.24, 2.45) is 7.05 Å². The zero-order chi connectivity index (χ0) is 12.7. The van der Waals surface area contributed by atoms with Gasteiger partial charge in [0.15, 0.2) is 0 Å². The molecule has 3 aromatic heterocycles. The molecule has 1 unspecified atom stereocenters. The Morgan fingerprint density at radius 1 is 1.56 bits per heavy atom. The lowest BCUT2D eigenvalue weighted by molar-refractivity contribution is 0.670. The van der Waals surface area contributed by atoms with Crippen LogP contribution in [-0.4, -0.2) is 30.0 Å². The van der Waals surface area contributed by atoms with Gasteiger partial charge in [-0.1, -0.05) is 0 Å². The van der Waals surface area contributed by atoms with Gasteiger partial charge in [0.1, 0.15) is 17.0 Å². The van der Waals surface area contributed by atoms with Crippen LogP contribution in [0.1, 0.15) is 5.82 Å². The third-order valence-electron chi connectivity index (χ3n) is 2.94. The minimum absolute atomic E-state index is 0.472. The Balaban J connectivity index is 2.17. The smallest absolute Gasteiger partial charge is 0.139 e. The highest BCUT2D eigenvalue weighted by molar-refractivity contribution is 7.82. The van der Waals surface area contributed by atoms with E-state index in [0.29, 0.717) is 6.54 Å². The molecule has 0 aliphatic heterocycles. The molecule has 0 radical (unpaired) electrons. The molecule has 0 saturated heterocycles. The maximum Gasteiger partial charge on any atom is 0.139 e. The quantitative estimate of drug-likeness (QED) is 0.735. The lowest BCUT2D eigenvalue weighted by Gasteiger charge is -2.02. The van der Waals surface area contributed by atoms with Gasteiger partial charge in [0, 0.05) is 24.9 Å². The maximum atomic E-state index is 11.1. The molecule has 6 nitrogen and oxygen atoms in total. The molecule has 94 valence electrons. The molecule has 0 fully saturated rings. The third-order valence-corrected chi connectivity index (χ3v) is 3.50. The lowest BCUT2D eigenvalue weighted by atomic mass is 10.3. The largest absolute Gasteiger partial charge is 0.346 e. The van der Waals surface area contributed by atoms with Crippen LogP contribution in [0.5, 0.6) is 0 Å². The molecule has 7 heteroatoms. The summed E-state index contributed by atoms with van der Waals surface area (Å²) in [4.78, 5) is 11.9. The van der Waals surface area contributed by atoms with Gasteiger partial charge < -0.3 is 9.55 Å². The molecule has 2 N–H and O–H groups in total. The Morgan fingerprint density at radius 3 is 3.17 bits per heavy atom. The second-order valence-electron chi connectivity index (χ2n) is 4.09. The number of hydrogen-bond donors (Lipinski definition) is 2. The zero-order valence-corrected chi connectivity index (χ0v) is 10.9. The van der Waals surface area contributed by atoms with Gasteiger partial charge in [-0.3, -0.25) is 0 Å². The highest BCUT2D eigenvalue weighted by Crippen LogP contribution is 2.22. The van der Waals surface area contributed by atoms with Crippen LogP contribution in [0.4, 0.5) is 0 Å². The summed E-state index contributed by atoms with van der Waals surface area (Å²) in [7, 11) is 0.915. The number of H-pyrrole nitrogens is 1. The second-order valence-corrected chi connectivity index (χ2v) is 5.29. The number of aromatic amines is 1. The highest BCUT2D eigenvalue weighted by atomic mass is 32.2. The molecule has 0 aromatic carbocycles. The third kappa shape index (κ3) is 1.72. The number of aryl methyl sites for hydroxylation is 1. The topological polar surface area (TPSA) is 75.6 Å². The monoisotopic (exact) mass is 263 g/mol. The molecule has 0 spiro atoms. The van der Waals surface area contributed by atoms with E-state index in [1.807, 2.05) is 23.9 Å². The fourth-order valence-corrected chi connectivity index (χ4v) is 2.42. The number of imidazole rings is 1. The Kier molecular flexibility index (Phi) is 2.64. The van der Waals surface area contributed by atoms with Crippen molar-refractivity contribution in [2.45, 2.75) is 6.54 Å². The fourth-order valence-electron chi connectivity index (χ4n) is 2.09. The minimum atomic E-state index is -1.04. The van der Waals surface area contributed by atoms with Crippen molar-refractivity contribution < 1.29 is 4.21 Å². The van der Waals surface area contributed by atoms with E-state index in [9.17, 15) is 4.21 Å². The number of nitrogens with one attached hydrogen (secondary N) is 2. The molecule has 1 atom stereocenters.